The van der Waals surface area contributed by atoms with Gasteiger partial charge in [0.1, 0.15) is 11.4 Å². The third-order valence-corrected chi connectivity index (χ3v) is 2.35. The van der Waals surface area contributed by atoms with Crippen LogP contribution in [-0.4, -0.2) is 34.4 Å². The number of phenolic OH excluding ortho intramolecular Hbond substituents is 1. The number of nitro benzene ring substituents is 1. The van der Waals surface area contributed by atoms with Crippen LogP contribution in [0, 0.1) is 10.1 Å². The molecule has 0 heterocycles. The van der Waals surface area contributed by atoms with Crippen molar-refractivity contribution in [3.63, 3.8) is 0 Å². The number of nitro groups is 1. The summed E-state index contributed by atoms with van der Waals surface area (Å²) >= 11 is 0. The van der Waals surface area contributed by atoms with Crippen LogP contribution in [0.4, 0.5) is 11.4 Å². The lowest BCUT2D eigenvalue weighted by Crippen LogP contribution is -2.28. The summed E-state index contributed by atoms with van der Waals surface area (Å²) in [4.78, 5) is 32.8. The van der Waals surface area contributed by atoms with Crippen molar-refractivity contribution < 1.29 is 24.4 Å². The highest BCUT2D eigenvalue weighted by molar-refractivity contribution is 6.02. The first-order chi connectivity index (χ1) is 9.86. The van der Waals surface area contributed by atoms with E-state index in [9.17, 15) is 24.8 Å². The lowest BCUT2D eigenvalue weighted by molar-refractivity contribution is -0.384. The Kier molecular flexibility index (Phi) is 5.47. The van der Waals surface area contributed by atoms with Crippen LogP contribution < -0.4 is 0 Å². The number of ether oxygens (including phenoxy) is 1. The second kappa shape index (κ2) is 7.08. The van der Waals surface area contributed by atoms with Crippen molar-refractivity contribution in [1.82, 2.24) is 0 Å². The second-order valence-electron chi connectivity index (χ2n) is 3.91. The number of benzene rings is 1. The normalized spacial score (nSPS) is 12.1. The molecule has 0 amide bonds. The molecule has 1 aromatic carbocycles. The maximum atomic E-state index is 11.5. The minimum atomic E-state index is -1.47. The van der Waals surface area contributed by atoms with Crippen molar-refractivity contribution in [2.75, 3.05) is 6.61 Å². The summed E-state index contributed by atoms with van der Waals surface area (Å²) in [6.45, 7) is 2.77. The highest BCUT2D eigenvalue weighted by Gasteiger charge is 2.24. The number of nitrogens with zero attached hydrogens (tertiary/aromatic N) is 3. The molecule has 0 saturated carbocycles. The van der Waals surface area contributed by atoms with E-state index < -0.39 is 22.7 Å². The summed E-state index contributed by atoms with van der Waals surface area (Å²) in [5.74, 6) is -1.84. The van der Waals surface area contributed by atoms with E-state index in [1.807, 2.05) is 0 Å². The van der Waals surface area contributed by atoms with Crippen LogP contribution in [0.2, 0.25) is 0 Å². The van der Waals surface area contributed by atoms with Gasteiger partial charge in [0, 0.05) is 12.1 Å². The molecule has 0 aliphatic heterocycles. The number of hydrogen-bond acceptors (Lipinski definition) is 8. The van der Waals surface area contributed by atoms with Crippen LogP contribution in [-0.2, 0) is 14.3 Å². The molecular weight excluding hydrogens is 282 g/mol. The molecule has 9 heteroatoms. The van der Waals surface area contributed by atoms with Crippen molar-refractivity contribution in [2.45, 2.75) is 19.9 Å². The average Bonchev–Trinajstić information content (AvgIpc) is 2.40. The first kappa shape index (κ1) is 16.2. The summed E-state index contributed by atoms with van der Waals surface area (Å²) in [7, 11) is 0. The van der Waals surface area contributed by atoms with Gasteiger partial charge in [-0.15, -0.1) is 0 Å². The smallest absolute Gasteiger partial charge is 0.340 e. The number of Topliss-reactive ketones (excluding diaryl/α,β-unsaturated/α-hetero) is 1. The zero-order valence-corrected chi connectivity index (χ0v) is 11.3. The predicted octanol–water partition coefficient (Wildman–Crippen LogP) is 1.90. The standard InChI is InChI=1S/C12H13N3O6/c1-3-21-12(18)11(7(2)16)14-13-9-6-8(15(19)20)4-5-10(9)17/h4-6,11,17H,3H2,1-2H3. The summed E-state index contributed by atoms with van der Waals surface area (Å²) < 4.78 is 4.66. The van der Waals surface area contributed by atoms with Crippen molar-refractivity contribution in [3.8, 4) is 5.75 Å². The van der Waals surface area contributed by atoms with E-state index in [-0.39, 0.29) is 23.7 Å². The number of hydrogen-bond donors (Lipinski definition) is 1. The van der Waals surface area contributed by atoms with Gasteiger partial charge >= 0.3 is 5.97 Å². The van der Waals surface area contributed by atoms with Crippen LogP contribution in [0.15, 0.2) is 28.4 Å². The van der Waals surface area contributed by atoms with Crippen LogP contribution in [0.25, 0.3) is 0 Å². The van der Waals surface area contributed by atoms with E-state index in [0.717, 1.165) is 25.1 Å². The Morgan fingerprint density at radius 3 is 2.67 bits per heavy atom. The molecule has 0 aromatic heterocycles. The van der Waals surface area contributed by atoms with Gasteiger partial charge in [-0.2, -0.15) is 10.2 Å². The van der Waals surface area contributed by atoms with Crippen LogP contribution in [0.3, 0.4) is 0 Å². The third-order valence-electron chi connectivity index (χ3n) is 2.35. The fraction of sp³-hybridized carbons (Fsp3) is 0.333. The van der Waals surface area contributed by atoms with E-state index in [2.05, 4.69) is 15.0 Å². The maximum Gasteiger partial charge on any atom is 0.340 e. The molecule has 0 aliphatic rings. The van der Waals surface area contributed by atoms with Crippen molar-refractivity contribution in [3.05, 3.63) is 28.3 Å². The molecule has 21 heavy (non-hydrogen) atoms. The number of aromatic hydroxyl groups is 1. The predicted molar refractivity (Wildman–Crippen MR) is 70.4 cm³/mol. The Balaban J connectivity index is 3.06. The third kappa shape index (κ3) is 4.34. The highest BCUT2D eigenvalue weighted by atomic mass is 16.6. The summed E-state index contributed by atoms with van der Waals surface area (Å²) in [6, 6.07) is 1.66. The van der Waals surface area contributed by atoms with Gasteiger partial charge in [-0.3, -0.25) is 14.9 Å². The molecule has 9 nitrogen and oxygen atoms in total. The minimum Gasteiger partial charge on any atom is -0.506 e. The molecule has 0 fully saturated rings. The van der Waals surface area contributed by atoms with Crippen molar-refractivity contribution >= 4 is 23.1 Å². The fourth-order valence-corrected chi connectivity index (χ4v) is 1.34. The highest BCUT2D eigenvalue weighted by Crippen LogP contribution is 2.30. The molecule has 1 rings (SSSR count). The molecular formula is C12H13N3O6. The van der Waals surface area contributed by atoms with E-state index in [1.165, 1.54) is 0 Å². The minimum absolute atomic E-state index is 0.0696. The molecule has 1 unspecified atom stereocenters. The zero-order valence-electron chi connectivity index (χ0n) is 11.3. The number of non-ortho nitro benzene ring substituents is 1. The van der Waals surface area contributed by atoms with Crippen molar-refractivity contribution in [2.24, 2.45) is 10.2 Å². The maximum absolute atomic E-state index is 11.5. The SMILES string of the molecule is CCOC(=O)C(N=Nc1cc([N+](=O)[O-])ccc1O)C(C)=O. The molecule has 1 atom stereocenters. The lowest BCUT2D eigenvalue weighted by atomic mass is 10.2. The number of carbonyl (C=O) groups is 2. The molecule has 0 radical (unpaired) electrons. The van der Waals surface area contributed by atoms with E-state index in [4.69, 9.17) is 0 Å². The van der Waals surface area contributed by atoms with Crippen LogP contribution >= 0.6 is 0 Å². The first-order valence-corrected chi connectivity index (χ1v) is 5.92. The van der Waals surface area contributed by atoms with Gasteiger partial charge < -0.3 is 9.84 Å². The number of ketones is 1. The molecule has 0 bridgehead atoms. The monoisotopic (exact) mass is 295 g/mol. The van der Waals surface area contributed by atoms with E-state index in [0.29, 0.717) is 0 Å². The average molecular weight is 295 g/mol. The van der Waals surface area contributed by atoms with Crippen LogP contribution in [0.1, 0.15) is 13.8 Å². The Bertz CT molecular complexity index is 599. The van der Waals surface area contributed by atoms with Crippen molar-refractivity contribution in [1.29, 1.82) is 0 Å². The van der Waals surface area contributed by atoms with Gasteiger partial charge in [-0.1, -0.05) is 0 Å². The van der Waals surface area contributed by atoms with Gasteiger partial charge in [0.15, 0.2) is 5.78 Å². The van der Waals surface area contributed by atoms with Gasteiger partial charge in [-0.25, -0.2) is 4.79 Å². The Morgan fingerprint density at radius 2 is 2.14 bits per heavy atom. The molecule has 0 aliphatic carbocycles. The van der Waals surface area contributed by atoms with Gasteiger partial charge in [0.25, 0.3) is 5.69 Å². The molecule has 0 saturated heterocycles. The number of esters is 1. The largest absolute Gasteiger partial charge is 0.506 e. The van der Waals surface area contributed by atoms with E-state index >= 15 is 0 Å². The fourth-order valence-electron chi connectivity index (χ4n) is 1.34. The molecule has 112 valence electrons. The number of phenols is 1. The second-order valence-corrected chi connectivity index (χ2v) is 3.91. The first-order valence-electron chi connectivity index (χ1n) is 5.92. The molecule has 0 spiro atoms. The zero-order chi connectivity index (χ0) is 16.0. The van der Waals surface area contributed by atoms with Gasteiger partial charge in [0.2, 0.25) is 6.04 Å². The van der Waals surface area contributed by atoms with Gasteiger partial charge in [-0.05, 0) is 19.9 Å². The Labute approximate surface area is 119 Å². The molecule has 1 aromatic rings. The quantitative estimate of drug-likeness (QED) is 0.280. The van der Waals surface area contributed by atoms with Crippen LogP contribution in [0.5, 0.6) is 5.75 Å². The summed E-state index contributed by atoms with van der Waals surface area (Å²) in [6.07, 6.45) is 0. The Hall–Kier alpha value is -2.84. The summed E-state index contributed by atoms with van der Waals surface area (Å²) in [5.41, 5.74) is -0.531. The topological polar surface area (TPSA) is 131 Å². The van der Waals surface area contributed by atoms with E-state index in [1.54, 1.807) is 6.92 Å². The summed E-state index contributed by atoms with van der Waals surface area (Å²) in [5, 5.41) is 27.2. The lowest BCUT2D eigenvalue weighted by Gasteiger charge is -2.06. The number of azo groups is 1. The molecule has 1 N–H and O–H groups in total. The Morgan fingerprint density at radius 1 is 1.48 bits per heavy atom. The van der Waals surface area contributed by atoms with Gasteiger partial charge in [0.05, 0.1) is 11.5 Å². The number of carbonyl (C=O) groups excluding carboxylic acids is 2. The number of rotatable bonds is 6.